The van der Waals surface area contributed by atoms with Gasteiger partial charge in [-0.25, -0.2) is 0 Å². The predicted molar refractivity (Wildman–Crippen MR) is 140 cm³/mol. The van der Waals surface area contributed by atoms with Crippen molar-refractivity contribution < 1.29 is 52.5 Å². The molecule has 0 unspecified atom stereocenters. The zero-order valence-electron chi connectivity index (χ0n) is 22.1. The maximum Gasteiger partial charge on any atom is 0.326 e. The standard InChI is InChI=1S/C20H34N2O9S.C4H5NO2/c1-2-8-26-10-12-28-14-16-30-17-15-29-13-11-27-9-5-18(23)22(7-4-20(25)32)6-3-19(24)31-21;6-3-1-2-4(7)5-3/h1H,3-17,21H2,(H,25,32);1-2H2,(H,5,6,7). The van der Waals surface area contributed by atoms with Crippen LogP contribution in [-0.4, -0.2) is 113 Å². The maximum atomic E-state index is 12.3. The van der Waals surface area contributed by atoms with Crippen LogP contribution < -0.4 is 11.2 Å². The molecule has 3 N–H and O–H groups in total. The number of thiol groups is 1. The zero-order chi connectivity index (χ0) is 29.1. The second-order valence-electron chi connectivity index (χ2n) is 7.69. The minimum absolute atomic E-state index is 0.0627. The van der Waals surface area contributed by atoms with Gasteiger partial charge in [-0.15, -0.1) is 19.1 Å². The van der Waals surface area contributed by atoms with Crippen LogP contribution >= 0.6 is 12.6 Å². The Balaban J connectivity index is 0.00000177. The number of imide groups is 1. The summed E-state index contributed by atoms with van der Waals surface area (Å²) in [5.41, 5.74) is 0. The first kappa shape index (κ1) is 36.4. The van der Waals surface area contributed by atoms with Gasteiger partial charge in [-0.05, 0) is 0 Å². The van der Waals surface area contributed by atoms with E-state index >= 15 is 0 Å². The third kappa shape index (κ3) is 24.2. The van der Waals surface area contributed by atoms with E-state index in [1.54, 1.807) is 0 Å². The number of terminal acetylenes is 1. The number of ether oxygens (including phenoxy) is 5. The Morgan fingerprint density at radius 1 is 0.795 bits per heavy atom. The third-order valence-electron chi connectivity index (χ3n) is 4.66. The first-order chi connectivity index (χ1) is 18.8. The molecule has 1 saturated heterocycles. The summed E-state index contributed by atoms with van der Waals surface area (Å²) >= 11 is 3.68. The van der Waals surface area contributed by atoms with Crippen LogP contribution in [0.4, 0.5) is 0 Å². The summed E-state index contributed by atoms with van der Waals surface area (Å²) in [5.74, 6) is 5.97. The highest BCUT2D eigenvalue weighted by atomic mass is 32.1. The lowest BCUT2D eigenvalue weighted by Gasteiger charge is -2.21. The SMILES string of the molecule is C#CCOCCOCCOCCOCCOCCC(=O)N(CCC(=O)S)CCC(=O)ON.O=C1CCC(=O)N1. The fraction of sp³-hybridized carbons (Fsp3) is 0.708. The number of hydrogen-bond acceptors (Lipinski definition) is 12. The van der Waals surface area contributed by atoms with Crippen LogP contribution in [-0.2, 0) is 52.5 Å². The average molecular weight is 578 g/mol. The Morgan fingerprint density at radius 2 is 1.26 bits per heavy atom. The van der Waals surface area contributed by atoms with Gasteiger partial charge in [0.25, 0.3) is 0 Å². The van der Waals surface area contributed by atoms with Crippen LogP contribution in [0.15, 0.2) is 0 Å². The van der Waals surface area contributed by atoms with Gasteiger partial charge in [-0.3, -0.25) is 29.3 Å². The van der Waals surface area contributed by atoms with Crippen LogP contribution in [0.25, 0.3) is 0 Å². The molecule has 1 aliphatic heterocycles. The van der Waals surface area contributed by atoms with E-state index in [2.05, 4.69) is 28.7 Å². The monoisotopic (exact) mass is 577 g/mol. The van der Waals surface area contributed by atoms with Gasteiger partial charge in [-0.2, -0.15) is 5.90 Å². The highest BCUT2D eigenvalue weighted by Crippen LogP contribution is 2.02. The van der Waals surface area contributed by atoms with Gasteiger partial charge in [0, 0.05) is 32.4 Å². The molecular weight excluding hydrogens is 538 g/mol. The number of hydrogen-bond donors (Lipinski definition) is 3. The fourth-order valence-electron chi connectivity index (χ4n) is 2.71. The fourth-order valence-corrected chi connectivity index (χ4v) is 2.81. The topological polar surface area (TPSA) is 182 Å². The van der Waals surface area contributed by atoms with Crippen molar-refractivity contribution in [2.75, 3.05) is 79.2 Å². The molecule has 0 atom stereocenters. The number of nitrogens with one attached hydrogen (secondary N) is 1. The van der Waals surface area contributed by atoms with Gasteiger partial charge in [0.15, 0.2) is 5.12 Å². The summed E-state index contributed by atoms with van der Waals surface area (Å²) in [7, 11) is 0. The van der Waals surface area contributed by atoms with E-state index in [0.29, 0.717) is 65.7 Å². The molecule has 0 saturated carbocycles. The molecule has 0 aromatic heterocycles. The van der Waals surface area contributed by atoms with Crippen molar-refractivity contribution in [3.63, 3.8) is 0 Å². The number of nitrogens with two attached hydrogens (primary N) is 1. The Morgan fingerprint density at radius 3 is 1.67 bits per heavy atom. The molecule has 0 aromatic carbocycles. The van der Waals surface area contributed by atoms with E-state index in [0.717, 1.165) is 0 Å². The molecule has 0 aromatic rings. The number of rotatable bonds is 22. The van der Waals surface area contributed by atoms with Crippen LogP contribution in [0.3, 0.4) is 0 Å². The molecule has 0 bridgehead atoms. The first-order valence-electron chi connectivity index (χ1n) is 12.3. The largest absolute Gasteiger partial charge is 0.379 e. The van der Waals surface area contributed by atoms with E-state index in [4.69, 9.17) is 36.0 Å². The molecule has 14 nitrogen and oxygen atoms in total. The Bertz CT molecular complexity index is 763. The molecule has 0 radical (unpaired) electrons. The molecule has 0 aliphatic carbocycles. The number of carbonyl (C=O) groups excluding carboxylic acids is 5. The van der Waals surface area contributed by atoms with Gasteiger partial charge in [-0.1, -0.05) is 5.92 Å². The molecular formula is C24H39N3O11S. The van der Waals surface area contributed by atoms with Crippen molar-refractivity contribution in [3.8, 4) is 12.3 Å². The van der Waals surface area contributed by atoms with Crippen molar-refractivity contribution in [2.45, 2.75) is 32.1 Å². The lowest BCUT2D eigenvalue weighted by atomic mass is 10.3. The third-order valence-corrected chi connectivity index (χ3v) is 4.88. The number of nitrogens with zero attached hydrogens (tertiary/aromatic N) is 1. The lowest BCUT2D eigenvalue weighted by molar-refractivity contribution is -0.145. The van der Waals surface area contributed by atoms with Gasteiger partial charge in [0.05, 0.1) is 72.3 Å². The van der Waals surface area contributed by atoms with Crippen molar-refractivity contribution in [1.82, 2.24) is 10.2 Å². The average Bonchev–Trinajstić information content (AvgIpc) is 3.30. The van der Waals surface area contributed by atoms with Crippen molar-refractivity contribution in [2.24, 2.45) is 5.90 Å². The molecule has 1 aliphatic rings. The second-order valence-corrected chi connectivity index (χ2v) is 8.19. The van der Waals surface area contributed by atoms with E-state index in [1.807, 2.05) is 0 Å². The van der Waals surface area contributed by atoms with Crippen molar-refractivity contribution in [1.29, 1.82) is 0 Å². The Labute approximate surface area is 233 Å². The van der Waals surface area contributed by atoms with Crippen LogP contribution in [0.2, 0.25) is 0 Å². The smallest absolute Gasteiger partial charge is 0.326 e. The minimum atomic E-state index is -0.643. The highest BCUT2D eigenvalue weighted by Gasteiger charge is 2.16. The Hall–Kier alpha value is -2.58. The summed E-state index contributed by atoms with van der Waals surface area (Å²) in [5, 5.41) is 1.79. The summed E-state index contributed by atoms with van der Waals surface area (Å²) < 4.78 is 26.4. The number of amides is 3. The summed E-state index contributed by atoms with van der Waals surface area (Å²) in [6.07, 6.45) is 5.92. The first-order valence-corrected chi connectivity index (χ1v) is 12.8. The van der Waals surface area contributed by atoms with Crippen LogP contribution in [0.1, 0.15) is 32.1 Å². The summed E-state index contributed by atoms with van der Waals surface area (Å²) in [6.45, 7) is 4.09. The molecule has 0 spiro atoms. The van der Waals surface area contributed by atoms with Crippen molar-refractivity contribution in [3.05, 3.63) is 0 Å². The van der Waals surface area contributed by atoms with E-state index < -0.39 is 5.97 Å². The molecule has 39 heavy (non-hydrogen) atoms. The molecule has 1 fully saturated rings. The van der Waals surface area contributed by atoms with Gasteiger partial charge in [0.2, 0.25) is 17.7 Å². The van der Waals surface area contributed by atoms with Crippen LogP contribution in [0, 0.1) is 12.3 Å². The normalized spacial score (nSPS) is 12.2. The van der Waals surface area contributed by atoms with E-state index in [1.165, 1.54) is 4.90 Å². The quantitative estimate of drug-likeness (QED) is 0.0470. The van der Waals surface area contributed by atoms with Crippen LogP contribution in [0.5, 0.6) is 0 Å². The van der Waals surface area contributed by atoms with E-state index in [-0.39, 0.29) is 68.4 Å². The second kappa shape index (κ2) is 25.7. The van der Waals surface area contributed by atoms with Gasteiger partial charge in [0.1, 0.15) is 6.61 Å². The zero-order valence-corrected chi connectivity index (χ0v) is 23.0. The molecule has 222 valence electrons. The molecule has 3 amide bonds. The highest BCUT2D eigenvalue weighted by molar-refractivity contribution is 7.96. The molecule has 1 heterocycles. The Kier molecular flexibility index (Phi) is 24.0. The maximum absolute atomic E-state index is 12.3. The molecule has 15 heteroatoms. The number of carbonyl (C=O) groups is 5. The van der Waals surface area contributed by atoms with Gasteiger partial charge >= 0.3 is 5.97 Å². The van der Waals surface area contributed by atoms with Gasteiger partial charge < -0.3 is 33.4 Å². The summed E-state index contributed by atoms with van der Waals surface area (Å²) in [4.78, 5) is 60.2. The predicted octanol–water partition coefficient (Wildman–Crippen LogP) is -1.00. The molecule has 1 rings (SSSR count). The minimum Gasteiger partial charge on any atom is -0.379 e. The van der Waals surface area contributed by atoms with Crippen molar-refractivity contribution >= 4 is 41.4 Å². The van der Waals surface area contributed by atoms with E-state index in [9.17, 15) is 24.0 Å². The summed E-state index contributed by atoms with van der Waals surface area (Å²) in [6, 6.07) is 0. The lowest BCUT2D eigenvalue weighted by Crippen LogP contribution is -2.35.